The molecule has 1 aromatic heterocycles. The van der Waals surface area contributed by atoms with Crippen molar-refractivity contribution in [3.05, 3.63) is 53.7 Å². The van der Waals surface area contributed by atoms with Gasteiger partial charge in [0.2, 0.25) is 0 Å². The molecule has 1 aliphatic carbocycles. The molecule has 164 valence electrons. The molecular formula is C25H26N4O3. The minimum absolute atomic E-state index is 0.0450. The van der Waals surface area contributed by atoms with E-state index >= 15 is 0 Å². The van der Waals surface area contributed by atoms with Gasteiger partial charge in [0, 0.05) is 23.2 Å². The molecule has 2 amide bonds. The maximum absolute atomic E-state index is 13.1. The summed E-state index contributed by atoms with van der Waals surface area (Å²) in [6, 6.07) is 13.2. The third-order valence-corrected chi connectivity index (χ3v) is 6.93. The molecule has 1 saturated carbocycles. The number of anilines is 2. The molecule has 3 aromatic rings. The smallest absolute Gasteiger partial charge is 0.268 e. The summed E-state index contributed by atoms with van der Waals surface area (Å²) >= 11 is 0. The highest BCUT2D eigenvalue weighted by Gasteiger charge is 2.44. The second-order valence-electron chi connectivity index (χ2n) is 9.86. The number of carbonyl (C=O) groups excluding carboxylic acids is 2. The predicted octanol–water partition coefficient (Wildman–Crippen LogP) is 4.10. The highest BCUT2D eigenvalue weighted by atomic mass is 16.5. The van der Waals surface area contributed by atoms with E-state index in [2.05, 4.69) is 34.4 Å². The van der Waals surface area contributed by atoms with Crippen LogP contribution in [0.2, 0.25) is 0 Å². The second kappa shape index (κ2) is 6.51. The van der Waals surface area contributed by atoms with E-state index in [1.165, 1.54) is 0 Å². The monoisotopic (exact) mass is 430 g/mol. The van der Waals surface area contributed by atoms with Crippen molar-refractivity contribution in [3.8, 4) is 5.75 Å². The van der Waals surface area contributed by atoms with Crippen LogP contribution in [0.15, 0.2) is 42.5 Å². The average Bonchev–Trinajstić information content (AvgIpc) is 3.12. The van der Waals surface area contributed by atoms with Crippen LogP contribution in [-0.2, 0) is 5.54 Å². The maximum atomic E-state index is 13.1. The van der Waals surface area contributed by atoms with Crippen molar-refractivity contribution in [2.24, 2.45) is 0 Å². The van der Waals surface area contributed by atoms with Gasteiger partial charge >= 0.3 is 0 Å². The molecular weight excluding hydrogens is 404 g/mol. The van der Waals surface area contributed by atoms with E-state index in [-0.39, 0.29) is 22.9 Å². The molecule has 0 atom stereocenters. The van der Waals surface area contributed by atoms with Crippen LogP contribution in [0.1, 0.15) is 54.0 Å². The van der Waals surface area contributed by atoms with Crippen LogP contribution in [0.4, 0.5) is 11.4 Å². The summed E-state index contributed by atoms with van der Waals surface area (Å²) in [4.78, 5) is 25.6. The van der Waals surface area contributed by atoms with Crippen molar-refractivity contribution in [2.75, 3.05) is 23.8 Å². The molecule has 0 radical (unpaired) electrons. The lowest BCUT2D eigenvalue weighted by atomic mass is 9.75. The Balaban J connectivity index is 1.33. The fourth-order valence-corrected chi connectivity index (χ4v) is 5.11. The normalized spacial score (nSPS) is 19.8. The van der Waals surface area contributed by atoms with Crippen molar-refractivity contribution in [1.29, 1.82) is 0 Å². The van der Waals surface area contributed by atoms with Crippen LogP contribution >= 0.6 is 0 Å². The van der Waals surface area contributed by atoms with Crippen LogP contribution in [0, 0.1) is 0 Å². The molecule has 7 heteroatoms. The van der Waals surface area contributed by atoms with Crippen LogP contribution < -0.4 is 20.7 Å². The molecule has 2 aromatic carbocycles. The molecule has 2 aliphatic heterocycles. The van der Waals surface area contributed by atoms with Crippen molar-refractivity contribution < 1.29 is 14.3 Å². The molecule has 0 bridgehead atoms. The number of hydrogen-bond donors (Lipinski definition) is 3. The number of rotatable bonds is 2. The summed E-state index contributed by atoms with van der Waals surface area (Å²) in [5.74, 6) is 0.561. The Labute approximate surface area is 186 Å². The Kier molecular flexibility index (Phi) is 3.91. The van der Waals surface area contributed by atoms with Gasteiger partial charge in [-0.15, -0.1) is 0 Å². The number of benzene rings is 2. The number of nitrogens with one attached hydrogen (secondary N) is 3. The summed E-state index contributed by atoms with van der Waals surface area (Å²) in [5, 5.41) is 10.5. The zero-order valence-electron chi connectivity index (χ0n) is 18.2. The Bertz CT molecular complexity index is 1290. The molecule has 6 rings (SSSR count). The van der Waals surface area contributed by atoms with Crippen LogP contribution in [0.3, 0.4) is 0 Å². The molecule has 3 heterocycles. The van der Waals surface area contributed by atoms with Crippen molar-refractivity contribution in [1.82, 2.24) is 9.88 Å². The fraction of sp³-hybridized carbons (Fsp3) is 0.360. The lowest BCUT2D eigenvalue weighted by molar-refractivity contribution is 0.0763. The Morgan fingerprint density at radius 3 is 2.75 bits per heavy atom. The average molecular weight is 431 g/mol. The lowest BCUT2D eigenvalue weighted by Gasteiger charge is -2.47. The summed E-state index contributed by atoms with van der Waals surface area (Å²) < 4.78 is 7.98. The molecule has 3 N–H and O–H groups in total. The van der Waals surface area contributed by atoms with Gasteiger partial charge in [0.1, 0.15) is 18.1 Å². The van der Waals surface area contributed by atoms with E-state index in [0.717, 1.165) is 41.6 Å². The first kappa shape index (κ1) is 19.2. The van der Waals surface area contributed by atoms with Crippen LogP contribution in [0.25, 0.3) is 10.9 Å². The summed E-state index contributed by atoms with van der Waals surface area (Å²) in [7, 11) is 0. The third kappa shape index (κ3) is 2.87. The first-order chi connectivity index (χ1) is 15.3. The largest absolute Gasteiger partial charge is 0.489 e. The lowest BCUT2D eigenvalue weighted by Crippen LogP contribution is -2.55. The van der Waals surface area contributed by atoms with Gasteiger partial charge in [-0.1, -0.05) is 6.07 Å². The maximum Gasteiger partial charge on any atom is 0.268 e. The highest BCUT2D eigenvalue weighted by Crippen LogP contribution is 2.44. The molecule has 1 fully saturated rings. The predicted molar refractivity (Wildman–Crippen MR) is 124 cm³/mol. The van der Waals surface area contributed by atoms with E-state index in [1.807, 2.05) is 42.5 Å². The van der Waals surface area contributed by atoms with Gasteiger partial charge in [0.05, 0.1) is 22.3 Å². The topological polar surface area (TPSA) is 84.4 Å². The first-order valence-electron chi connectivity index (χ1n) is 11.1. The van der Waals surface area contributed by atoms with Crippen molar-refractivity contribution in [3.63, 3.8) is 0 Å². The molecule has 0 unspecified atom stereocenters. The SMILES string of the molecule is CC1(C)COc2ccc(NC(=O)c3ccc4cc5n(c4c3)C3(CCC3)CNC5=O)cc2N1. The molecule has 0 saturated heterocycles. The Hall–Kier alpha value is -3.48. The van der Waals surface area contributed by atoms with E-state index in [1.54, 1.807) is 0 Å². The zero-order chi connectivity index (χ0) is 22.1. The minimum Gasteiger partial charge on any atom is -0.489 e. The van der Waals surface area contributed by atoms with E-state index in [0.29, 0.717) is 30.1 Å². The number of nitrogens with zero attached hydrogens (tertiary/aromatic N) is 1. The minimum atomic E-state index is -0.179. The van der Waals surface area contributed by atoms with Gasteiger partial charge < -0.3 is 25.3 Å². The molecule has 3 aliphatic rings. The summed E-state index contributed by atoms with van der Waals surface area (Å²) in [5.41, 5.74) is 3.55. The zero-order valence-corrected chi connectivity index (χ0v) is 18.2. The van der Waals surface area contributed by atoms with Crippen molar-refractivity contribution in [2.45, 2.75) is 44.2 Å². The third-order valence-electron chi connectivity index (χ3n) is 6.93. The Morgan fingerprint density at radius 1 is 1.12 bits per heavy atom. The highest BCUT2D eigenvalue weighted by molar-refractivity contribution is 6.07. The van der Waals surface area contributed by atoms with Gasteiger partial charge in [-0.05, 0) is 69.5 Å². The number of ether oxygens (including phenoxy) is 1. The number of amides is 2. The van der Waals surface area contributed by atoms with Gasteiger partial charge in [0.15, 0.2) is 0 Å². The number of hydrogen-bond acceptors (Lipinski definition) is 4. The number of aromatic nitrogens is 1. The van der Waals surface area contributed by atoms with Crippen LogP contribution in [-0.4, -0.2) is 35.1 Å². The summed E-state index contributed by atoms with van der Waals surface area (Å²) in [6.07, 6.45) is 3.24. The molecule has 32 heavy (non-hydrogen) atoms. The fourth-order valence-electron chi connectivity index (χ4n) is 5.11. The van der Waals surface area contributed by atoms with E-state index in [9.17, 15) is 9.59 Å². The van der Waals surface area contributed by atoms with Gasteiger partial charge in [-0.25, -0.2) is 0 Å². The first-order valence-corrected chi connectivity index (χ1v) is 11.1. The standard InChI is InChI=1S/C25H26N4O3/c1-24(2)14-32-21-7-6-17(12-18(21)28-24)27-22(30)16-5-4-15-10-20-23(31)26-13-25(8-3-9-25)29(20)19(15)11-16/h4-7,10-12,28H,3,8-9,13-14H2,1-2H3,(H,26,31)(H,27,30). The van der Waals surface area contributed by atoms with E-state index < -0.39 is 0 Å². The van der Waals surface area contributed by atoms with E-state index in [4.69, 9.17) is 4.74 Å². The van der Waals surface area contributed by atoms with Gasteiger partial charge in [-0.2, -0.15) is 0 Å². The van der Waals surface area contributed by atoms with Crippen molar-refractivity contribution >= 4 is 34.1 Å². The second-order valence-corrected chi connectivity index (χ2v) is 9.86. The molecule has 1 spiro atoms. The van der Waals surface area contributed by atoms with Gasteiger partial charge in [-0.3, -0.25) is 9.59 Å². The number of carbonyl (C=O) groups is 2. The molecule has 7 nitrogen and oxygen atoms in total. The van der Waals surface area contributed by atoms with Crippen LogP contribution in [0.5, 0.6) is 5.75 Å². The Morgan fingerprint density at radius 2 is 1.97 bits per heavy atom. The quantitative estimate of drug-likeness (QED) is 0.572. The van der Waals surface area contributed by atoms with Gasteiger partial charge in [0.25, 0.3) is 11.8 Å². The summed E-state index contributed by atoms with van der Waals surface area (Å²) in [6.45, 7) is 5.39. The number of fused-ring (bicyclic) bond motifs is 5.